The monoisotopic (exact) mass is 637 g/mol. The largest absolute Gasteiger partial charge is 0.497 e. The third-order valence-corrected chi connectivity index (χ3v) is 11.0. The third-order valence-electron chi connectivity index (χ3n) is 9.97. The van der Waals surface area contributed by atoms with E-state index in [4.69, 9.17) is 4.74 Å². The van der Waals surface area contributed by atoms with Crippen LogP contribution in [0.5, 0.6) is 5.75 Å². The van der Waals surface area contributed by atoms with Crippen molar-refractivity contribution in [3.8, 4) is 5.75 Å². The molecule has 45 heavy (non-hydrogen) atoms. The minimum absolute atomic E-state index is 0.0188. The van der Waals surface area contributed by atoms with Crippen molar-refractivity contribution in [1.29, 1.82) is 0 Å². The van der Waals surface area contributed by atoms with E-state index in [0.29, 0.717) is 25.7 Å². The Morgan fingerprint density at radius 2 is 1.71 bits per heavy atom. The van der Waals surface area contributed by atoms with Gasteiger partial charge in [-0.25, -0.2) is 14.2 Å². The smallest absolute Gasteiger partial charge is 0.333 e. The number of carbonyl (C=O) groups excluding carboxylic acids is 1. The Bertz CT molecular complexity index is 1610. The summed E-state index contributed by atoms with van der Waals surface area (Å²) in [5.41, 5.74) is 0.657. The molecule has 3 aromatic rings. The van der Waals surface area contributed by atoms with E-state index in [9.17, 15) is 18.8 Å². The zero-order chi connectivity index (χ0) is 31.5. The number of benzene rings is 1. The number of hydrogen-bond donors (Lipinski definition) is 1. The molecule has 0 bridgehead atoms. The number of likely N-dealkylation sites (tertiary alicyclic amines) is 1. The number of carbonyl (C=O) groups is 1. The third kappa shape index (κ3) is 6.56. The Morgan fingerprint density at radius 1 is 1.00 bits per heavy atom. The Hall–Kier alpha value is -3.18. The van der Waals surface area contributed by atoms with Crippen molar-refractivity contribution in [1.82, 2.24) is 24.3 Å². The van der Waals surface area contributed by atoms with Gasteiger partial charge < -0.3 is 10.1 Å². The van der Waals surface area contributed by atoms with E-state index in [1.807, 2.05) is 23.9 Å². The molecule has 9 nitrogen and oxygen atoms in total. The van der Waals surface area contributed by atoms with Gasteiger partial charge in [0.15, 0.2) is 0 Å². The van der Waals surface area contributed by atoms with Gasteiger partial charge in [0.05, 0.1) is 24.7 Å². The summed E-state index contributed by atoms with van der Waals surface area (Å²) in [6, 6.07) is 9.00. The van der Waals surface area contributed by atoms with Crippen LogP contribution in [0, 0.1) is 5.82 Å². The fraction of sp³-hybridized carbons (Fsp3) is 0.588. The van der Waals surface area contributed by atoms with Gasteiger partial charge in [-0.2, -0.15) is 11.8 Å². The highest BCUT2D eigenvalue weighted by Gasteiger charge is 2.39. The number of pyridine rings is 1. The number of methoxy groups -OCH3 is 1. The Morgan fingerprint density at radius 3 is 2.40 bits per heavy atom. The summed E-state index contributed by atoms with van der Waals surface area (Å²) in [7, 11) is 1.66. The number of unbranched alkanes of at least 4 members (excludes halogenated alkanes) is 1. The highest BCUT2D eigenvalue weighted by Crippen LogP contribution is 2.38. The Labute approximate surface area is 267 Å². The second kappa shape index (κ2) is 14.1. The number of amides is 1. The molecule has 2 atom stereocenters. The quantitative estimate of drug-likeness (QED) is 0.337. The predicted molar refractivity (Wildman–Crippen MR) is 176 cm³/mol. The number of hydrogen-bond acceptors (Lipinski definition) is 7. The molecule has 2 aliphatic heterocycles. The molecule has 4 heterocycles. The molecule has 1 aliphatic carbocycles. The average molecular weight is 638 g/mol. The van der Waals surface area contributed by atoms with E-state index >= 15 is 0 Å². The molecule has 6 rings (SSSR count). The first-order valence-corrected chi connectivity index (χ1v) is 17.6. The Kier molecular flexibility index (Phi) is 9.94. The van der Waals surface area contributed by atoms with Crippen molar-refractivity contribution in [3.05, 3.63) is 68.7 Å². The van der Waals surface area contributed by atoms with Crippen molar-refractivity contribution in [3.63, 3.8) is 0 Å². The number of nitrogens with zero attached hydrogens (tertiary/aromatic N) is 4. The number of nitrogens with one attached hydrogen (secondary N) is 1. The molecule has 1 aromatic carbocycles. The SMILES string of the molecule is CCCCN1[C@@H](c2ccc(OC)cc2)CC[C@H]1C(=O)N[C@H]1CC[C@@H](n2c(=O)c3cc(F)cnc3n(C3CCSCC3)c2=O)CC1. The van der Waals surface area contributed by atoms with Crippen LogP contribution in [0.4, 0.5) is 4.39 Å². The second-order valence-corrected chi connectivity index (χ2v) is 13.9. The molecule has 3 fully saturated rings. The first kappa shape index (κ1) is 31.8. The standard InChI is InChI=1S/C34H44FN5O4S/c1-3-4-17-38-29(22-5-11-27(44-2)12-6-22)13-14-30(38)32(41)37-24-7-9-25(10-8-24)40-33(42)28-20-23(35)21-36-31(28)39(34(40)43)26-15-18-45-19-16-26/h5-6,11-12,20-21,24-26,29-30H,3-4,7-10,13-19H2,1-2H3,(H,37,41)/t24-,25+,29-,30+/m1/s1. The first-order valence-electron chi connectivity index (χ1n) is 16.5. The van der Waals surface area contributed by atoms with Gasteiger partial charge in [0.25, 0.3) is 5.56 Å². The van der Waals surface area contributed by atoms with Crippen LogP contribution in [-0.4, -0.2) is 62.2 Å². The summed E-state index contributed by atoms with van der Waals surface area (Å²) in [6.45, 7) is 3.03. The second-order valence-electron chi connectivity index (χ2n) is 12.7. The van der Waals surface area contributed by atoms with Gasteiger partial charge in [-0.1, -0.05) is 25.5 Å². The molecule has 0 radical (unpaired) electrons. The molecule has 3 aliphatic rings. The van der Waals surface area contributed by atoms with Crippen LogP contribution in [0.3, 0.4) is 0 Å². The molecule has 1 saturated carbocycles. The van der Waals surface area contributed by atoms with Gasteiger partial charge in [-0.3, -0.25) is 23.6 Å². The van der Waals surface area contributed by atoms with Crippen molar-refractivity contribution in [2.24, 2.45) is 0 Å². The van der Waals surface area contributed by atoms with Crippen LogP contribution in [0.1, 0.15) is 94.8 Å². The lowest BCUT2D eigenvalue weighted by Crippen LogP contribution is -2.49. The fourth-order valence-corrected chi connectivity index (χ4v) is 8.64. The fourth-order valence-electron chi connectivity index (χ4n) is 7.56. The zero-order valence-electron chi connectivity index (χ0n) is 26.3. The van der Waals surface area contributed by atoms with E-state index in [-0.39, 0.29) is 52.8 Å². The predicted octanol–water partition coefficient (Wildman–Crippen LogP) is 5.38. The summed E-state index contributed by atoms with van der Waals surface area (Å²) in [6.07, 6.45) is 9.04. The number of halogens is 1. The van der Waals surface area contributed by atoms with Crippen molar-refractivity contribution >= 4 is 28.7 Å². The van der Waals surface area contributed by atoms with Crippen LogP contribution in [-0.2, 0) is 4.79 Å². The highest BCUT2D eigenvalue weighted by molar-refractivity contribution is 7.99. The van der Waals surface area contributed by atoms with Gasteiger partial charge in [0, 0.05) is 24.2 Å². The highest BCUT2D eigenvalue weighted by atomic mass is 32.2. The van der Waals surface area contributed by atoms with Crippen LogP contribution in [0.2, 0.25) is 0 Å². The molecule has 1 N–H and O–H groups in total. The minimum Gasteiger partial charge on any atom is -0.497 e. The molecular weight excluding hydrogens is 593 g/mol. The van der Waals surface area contributed by atoms with E-state index in [2.05, 4.69) is 34.3 Å². The maximum Gasteiger partial charge on any atom is 0.333 e. The van der Waals surface area contributed by atoms with Crippen molar-refractivity contribution < 1.29 is 13.9 Å². The lowest BCUT2D eigenvalue weighted by atomic mass is 9.90. The molecular formula is C34H44FN5O4S. The van der Waals surface area contributed by atoms with E-state index in [1.54, 1.807) is 11.7 Å². The lowest BCUT2D eigenvalue weighted by Gasteiger charge is -2.34. The number of aromatic nitrogens is 3. The van der Waals surface area contributed by atoms with Gasteiger partial charge in [0.2, 0.25) is 5.91 Å². The van der Waals surface area contributed by atoms with E-state index in [0.717, 1.165) is 68.5 Å². The molecule has 2 aromatic heterocycles. The number of thioether (sulfide) groups is 1. The summed E-state index contributed by atoms with van der Waals surface area (Å²) in [5, 5.41) is 3.48. The molecule has 242 valence electrons. The number of ether oxygens (including phenoxy) is 1. The summed E-state index contributed by atoms with van der Waals surface area (Å²) < 4.78 is 22.6. The van der Waals surface area contributed by atoms with Gasteiger partial charge in [-0.05, 0) is 99.6 Å². The van der Waals surface area contributed by atoms with Crippen LogP contribution in [0.15, 0.2) is 46.1 Å². The summed E-state index contributed by atoms with van der Waals surface area (Å²) >= 11 is 1.85. The number of rotatable bonds is 9. The Balaban J connectivity index is 1.17. The maximum absolute atomic E-state index is 14.3. The van der Waals surface area contributed by atoms with Gasteiger partial charge in [-0.15, -0.1) is 0 Å². The maximum atomic E-state index is 14.3. The number of fused-ring (bicyclic) bond motifs is 1. The molecule has 11 heteroatoms. The van der Waals surface area contributed by atoms with E-state index < -0.39 is 11.4 Å². The van der Waals surface area contributed by atoms with Crippen molar-refractivity contribution in [2.75, 3.05) is 25.2 Å². The molecule has 0 spiro atoms. The topological polar surface area (TPSA) is 98.5 Å². The molecule has 1 amide bonds. The van der Waals surface area contributed by atoms with E-state index in [1.165, 1.54) is 16.2 Å². The van der Waals surface area contributed by atoms with Gasteiger partial charge in [0.1, 0.15) is 17.2 Å². The summed E-state index contributed by atoms with van der Waals surface area (Å²) in [4.78, 5) is 47.8. The zero-order valence-corrected chi connectivity index (χ0v) is 27.1. The van der Waals surface area contributed by atoms with Crippen LogP contribution < -0.4 is 21.3 Å². The van der Waals surface area contributed by atoms with Crippen LogP contribution >= 0.6 is 11.8 Å². The van der Waals surface area contributed by atoms with Gasteiger partial charge >= 0.3 is 5.69 Å². The lowest BCUT2D eigenvalue weighted by molar-refractivity contribution is -0.127. The molecule has 0 unspecified atom stereocenters. The van der Waals surface area contributed by atoms with Crippen molar-refractivity contribution in [2.45, 2.75) is 101 Å². The van der Waals surface area contributed by atoms with Crippen LogP contribution in [0.25, 0.3) is 11.0 Å². The first-order chi connectivity index (χ1) is 21.9. The normalized spacial score (nSPS) is 24.6. The average Bonchev–Trinajstić information content (AvgIpc) is 3.49. The summed E-state index contributed by atoms with van der Waals surface area (Å²) in [5.74, 6) is 2.16. The molecule has 2 saturated heterocycles. The minimum atomic E-state index is -0.587.